The van der Waals surface area contributed by atoms with Crippen molar-refractivity contribution >= 4 is 0 Å². The molecule has 0 aliphatic heterocycles. The van der Waals surface area contributed by atoms with Crippen molar-refractivity contribution < 1.29 is 9.92 Å². The third-order valence-electron chi connectivity index (χ3n) is 0.801. The van der Waals surface area contributed by atoms with Crippen molar-refractivity contribution in [2.75, 3.05) is 0 Å². The van der Waals surface area contributed by atoms with E-state index >= 15 is 0 Å². The maximum Gasteiger partial charge on any atom is 0.295 e. The van der Waals surface area contributed by atoms with E-state index in [2.05, 4.69) is 11.4 Å². The Morgan fingerprint density at radius 2 is 2.22 bits per heavy atom. The summed E-state index contributed by atoms with van der Waals surface area (Å²) in [6.45, 7) is 6.47. The molecule has 4 nitrogen and oxygen atoms in total. The van der Waals surface area contributed by atoms with Crippen LogP contribution < -0.4 is 0 Å². The summed E-state index contributed by atoms with van der Waals surface area (Å²) in [6.07, 6.45) is 1.37. The summed E-state index contributed by atoms with van der Waals surface area (Å²) >= 11 is 0. The average molecular weight is 131 g/mol. The fourth-order valence-electron chi connectivity index (χ4n) is 0.229. The second-order valence-electron chi connectivity index (χ2n) is 2.12. The highest BCUT2D eigenvalue weighted by Gasteiger charge is 2.16. The molecule has 0 aliphatic carbocycles. The largest absolute Gasteiger partial charge is 0.304 e. The first-order valence-electron chi connectivity index (χ1n) is 2.45. The van der Waals surface area contributed by atoms with E-state index in [1.807, 2.05) is 0 Å². The second kappa shape index (κ2) is 2.48. The molecular weight excluding hydrogens is 122 g/mol. The van der Waals surface area contributed by atoms with Crippen LogP contribution in [-0.2, 0) is 4.84 Å². The third-order valence-corrected chi connectivity index (χ3v) is 0.801. The summed E-state index contributed by atoms with van der Waals surface area (Å²) in [7, 11) is 0. The molecular formula is C5H9NO3. The first-order valence-corrected chi connectivity index (χ1v) is 2.45. The quantitative estimate of drug-likeness (QED) is 0.328. The minimum absolute atomic E-state index is 0.832. The predicted molar refractivity (Wildman–Crippen MR) is 32.4 cm³/mol. The molecule has 52 valence electrons. The average Bonchev–Trinajstić information content (AvgIpc) is 1.63. The molecule has 0 heterocycles. The minimum atomic E-state index is -0.872. The zero-order valence-corrected chi connectivity index (χ0v) is 5.46. The van der Waals surface area contributed by atoms with Crippen LogP contribution in [-0.4, -0.2) is 10.7 Å². The lowest BCUT2D eigenvalue weighted by molar-refractivity contribution is -0.775. The lowest BCUT2D eigenvalue weighted by Crippen LogP contribution is -2.24. The van der Waals surface area contributed by atoms with Gasteiger partial charge in [-0.2, -0.15) is 0 Å². The van der Waals surface area contributed by atoms with Gasteiger partial charge in [0.25, 0.3) is 5.09 Å². The van der Waals surface area contributed by atoms with Gasteiger partial charge in [0.1, 0.15) is 5.60 Å². The Bertz CT molecular complexity index is 130. The molecule has 9 heavy (non-hydrogen) atoms. The van der Waals surface area contributed by atoms with Crippen LogP contribution in [0.1, 0.15) is 13.8 Å². The Morgan fingerprint density at radius 1 is 1.78 bits per heavy atom. The molecule has 0 unspecified atom stereocenters. The lowest BCUT2D eigenvalue weighted by Gasteiger charge is -2.15. The monoisotopic (exact) mass is 131 g/mol. The molecule has 4 heteroatoms. The van der Waals surface area contributed by atoms with E-state index in [0.29, 0.717) is 0 Å². The molecule has 0 fully saturated rings. The molecule has 0 aromatic heterocycles. The van der Waals surface area contributed by atoms with Crippen LogP contribution >= 0.6 is 0 Å². The SMILES string of the molecule is C=CC(C)(C)O[N+](=O)[O-]. The van der Waals surface area contributed by atoms with Crippen LogP contribution in [0.3, 0.4) is 0 Å². The van der Waals surface area contributed by atoms with Gasteiger partial charge in [-0.05, 0) is 13.8 Å². The van der Waals surface area contributed by atoms with Gasteiger partial charge < -0.3 is 4.84 Å². The summed E-state index contributed by atoms with van der Waals surface area (Å²) in [4.78, 5) is 13.9. The number of hydrogen-bond acceptors (Lipinski definition) is 3. The smallest absolute Gasteiger partial charge is 0.295 e. The van der Waals surface area contributed by atoms with Crippen molar-refractivity contribution in [2.45, 2.75) is 19.4 Å². The molecule has 0 aliphatic rings. The lowest BCUT2D eigenvalue weighted by atomic mass is 10.1. The fourth-order valence-corrected chi connectivity index (χ4v) is 0.229. The summed E-state index contributed by atoms with van der Waals surface area (Å²) in [5.41, 5.74) is -0.872. The molecule has 0 bridgehead atoms. The van der Waals surface area contributed by atoms with Gasteiger partial charge in [0, 0.05) is 0 Å². The van der Waals surface area contributed by atoms with E-state index < -0.39 is 10.7 Å². The zero-order valence-electron chi connectivity index (χ0n) is 5.46. The topological polar surface area (TPSA) is 52.4 Å². The van der Waals surface area contributed by atoms with Gasteiger partial charge in [-0.15, -0.1) is 16.7 Å². The maximum atomic E-state index is 9.71. The van der Waals surface area contributed by atoms with E-state index in [-0.39, 0.29) is 0 Å². The van der Waals surface area contributed by atoms with Crippen molar-refractivity contribution in [3.8, 4) is 0 Å². The summed E-state index contributed by atoms with van der Waals surface area (Å²) in [5.74, 6) is 0. The van der Waals surface area contributed by atoms with Gasteiger partial charge in [0.15, 0.2) is 0 Å². The number of nitrogens with zero attached hydrogens (tertiary/aromatic N) is 1. The van der Waals surface area contributed by atoms with Crippen molar-refractivity contribution in [3.63, 3.8) is 0 Å². The van der Waals surface area contributed by atoms with Crippen molar-refractivity contribution in [1.29, 1.82) is 0 Å². The highest BCUT2D eigenvalue weighted by atomic mass is 17.0. The minimum Gasteiger partial charge on any atom is -0.304 e. The molecule has 0 aromatic rings. The molecule has 0 saturated heterocycles. The molecule has 0 aromatic carbocycles. The van der Waals surface area contributed by atoms with Gasteiger partial charge in [-0.3, -0.25) is 0 Å². The van der Waals surface area contributed by atoms with Crippen molar-refractivity contribution in [2.24, 2.45) is 0 Å². The molecule has 0 amide bonds. The normalized spacial score (nSPS) is 10.4. The molecule has 0 radical (unpaired) electrons. The fraction of sp³-hybridized carbons (Fsp3) is 0.600. The zero-order chi connectivity index (χ0) is 7.49. The van der Waals surface area contributed by atoms with Crippen LogP contribution in [0.15, 0.2) is 12.7 Å². The van der Waals surface area contributed by atoms with E-state index in [9.17, 15) is 10.1 Å². The van der Waals surface area contributed by atoms with Crippen molar-refractivity contribution in [1.82, 2.24) is 0 Å². The van der Waals surface area contributed by atoms with Crippen molar-refractivity contribution in [3.05, 3.63) is 22.8 Å². The molecule has 0 atom stereocenters. The summed E-state index contributed by atoms with van der Waals surface area (Å²) < 4.78 is 0. The first-order chi connectivity index (χ1) is 3.98. The number of hydrogen-bond donors (Lipinski definition) is 0. The van der Waals surface area contributed by atoms with Crippen LogP contribution in [0.4, 0.5) is 0 Å². The predicted octanol–water partition coefficient (Wildman–Crippen LogP) is 1.16. The Balaban J connectivity index is 3.86. The Morgan fingerprint density at radius 3 is 2.33 bits per heavy atom. The maximum absolute atomic E-state index is 9.71. The number of rotatable bonds is 3. The van der Waals surface area contributed by atoms with Crippen LogP contribution in [0.5, 0.6) is 0 Å². The van der Waals surface area contributed by atoms with E-state index in [1.54, 1.807) is 13.8 Å². The van der Waals surface area contributed by atoms with Gasteiger partial charge in [0.2, 0.25) is 0 Å². The standard InChI is InChI=1S/C5H9NO3/c1-4-5(2,3)9-6(7)8/h4H,1H2,2-3H3. The van der Waals surface area contributed by atoms with Gasteiger partial charge in [0.05, 0.1) is 0 Å². The first kappa shape index (κ1) is 7.94. The summed E-state index contributed by atoms with van der Waals surface area (Å²) in [6, 6.07) is 0. The molecule has 0 N–H and O–H groups in total. The van der Waals surface area contributed by atoms with Gasteiger partial charge in [-0.1, -0.05) is 6.08 Å². The van der Waals surface area contributed by atoms with Crippen LogP contribution in [0.2, 0.25) is 0 Å². The van der Waals surface area contributed by atoms with Gasteiger partial charge in [-0.25, -0.2) is 0 Å². The highest BCUT2D eigenvalue weighted by molar-refractivity contribution is 4.87. The van der Waals surface area contributed by atoms with E-state index in [0.717, 1.165) is 0 Å². The van der Waals surface area contributed by atoms with E-state index in [4.69, 9.17) is 0 Å². The highest BCUT2D eigenvalue weighted by Crippen LogP contribution is 2.08. The Kier molecular flexibility index (Phi) is 2.19. The molecule has 0 saturated carbocycles. The van der Waals surface area contributed by atoms with Gasteiger partial charge >= 0.3 is 0 Å². The van der Waals surface area contributed by atoms with Crippen LogP contribution in [0, 0.1) is 10.1 Å². The summed E-state index contributed by atoms with van der Waals surface area (Å²) in [5, 5.41) is 8.88. The third kappa shape index (κ3) is 3.52. The van der Waals surface area contributed by atoms with E-state index in [1.165, 1.54) is 6.08 Å². The molecule has 0 spiro atoms. The molecule has 0 rings (SSSR count). The second-order valence-corrected chi connectivity index (χ2v) is 2.12. The Hall–Kier alpha value is -1.06. The Labute approximate surface area is 53.2 Å². The van der Waals surface area contributed by atoms with Crippen LogP contribution in [0.25, 0.3) is 0 Å².